The molecule has 3 aromatic heterocycles. The third kappa shape index (κ3) is 3.49. The summed E-state index contributed by atoms with van der Waals surface area (Å²) < 4.78 is 35.4. The van der Waals surface area contributed by atoms with Crippen LogP contribution in [0.1, 0.15) is 18.3 Å². The van der Waals surface area contributed by atoms with Crippen LogP contribution < -0.4 is 0 Å². The minimum absolute atomic E-state index is 0.137. The molecule has 0 aliphatic rings. The van der Waals surface area contributed by atoms with E-state index >= 15 is 0 Å². The summed E-state index contributed by atoms with van der Waals surface area (Å²) in [5.74, 6) is -1.28. The van der Waals surface area contributed by atoms with Crippen LogP contribution in [0, 0.1) is 11.6 Å². The second-order valence-corrected chi connectivity index (χ2v) is 7.38. The van der Waals surface area contributed by atoms with Crippen LogP contribution in [0.5, 0.6) is 0 Å². The highest BCUT2D eigenvalue weighted by atomic mass is 19.1. The van der Waals surface area contributed by atoms with Gasteiger partial charge in [-0.1, -0.05) is 25.1 Å². The van der Waals surface area contributed by atoms with Gasteiger partial charge in [0.2, 0.25) is 0 Å². The van der Waals surface area contributed by atoms with Crippen LogP contribution in [0.3, 0.4) is 0 Å². The number of halogens is 2. The number of fused-ring (bicyclic) bond motifs is 3. The lowest BCUT2D eigenvalue weighted by Crippen LogP contribution is -2.06. The van der Waals surface area contributed by atoms with Crippen LogP contribution >= 0.6 is 0 Å². The van der Waals surface area contributed by atoms with Crippen LogP contribution in [0.4, 0.5) is 8.78 Å². The molecule has 0 N–H and O–H groups in total. The zero-order chi connectivity index (χ0) is 23.1. The van der Waals surface area contributed by atoms with Crippen molar-refractivity contribution < 1.29 is 18.3 Å². The van der Waals surface area contributed by atoms with Gasteiger partial charge in [0.1, 0.15) is 17.3 Å². The predicted molar refractivity (Wildman–Crippen MR) is 116 cm³/mol. The Hall–Kier alpha value is -4.21. The first-order chi connectivity index (χ1) is 16.0. The third-order valence-electron chi connectivity index (χ3n) is 5.35. The Morgan fingerprint density at radius 1 is 1.00 bits per heavy atom. The van der Waals surface area contributed by atoms with Gasteiger partial charge in [0.05, 0.1) is 30.5 Å². The van der Waals surface area contributed by atoms with Crippen molar-refractivity contribution in [1.82, 2.24) is 29.6 Å². The number of aryl methyl sites for hydroxylation is 1. The number of carbonyl (C=O) groups excluding carboxylic acids is 1. The van der Waals surface area contributed by atoms with Crippen molar-refractivity contribution in [1.29, 1.82) is 0 Å². The molecule has 0 amide bonds. The fourth-order valence-corrected chi connectivity index (χ4v) is 3.80. The lowest BCUT2D eigenvalue weighted by atomic mass is 10.0. The van der Waals surface area contributed by atoms with E-state index in [2.05, 4.69) is 15.3 Å². The SMILES string of the molecule is CCc1nn2c(nnc3c(CC(=O)OC)nn(-c4cccc(F)c4)c32)c1-c1ccc(F)cc1. The van der Waals surface area contributed by atoms with E-state index in [0.717, 1.165) is 11.3 Å². The number of hydrogen-bond acceptors (Lipinski definition) is 6. The molecule has 5 aromatic rings. The molecular weight excluding hydrogens is 430 g/mol. The van der Waals surface area contributed by atoms with Gasteiger partial charge in [-0.2, -0.15) is 14.7 Å². The van der Waals surface area contributed by atoms with Crippen molar-refractivity contribution in [3.05, 3.63) is 71.6 Å². The molecule has 0 atom stereocenters. The Morgan fingerprint density at radius 2 is 1.79 bits per heavy atom. The van der Waals surface area contributed by atoms with Crippen LogP contribution in [0.25, 0.3) is 33.6 Å². The molecule has 0 radical (unpaired) electrons. The first kappa shape index (κ1) is 20.7. The zero-order valence-corrected chi connectivity index (χ0v) is 17.8. The fourth-order valence-electron chi connectivity index (χ4n) is 3.80. The maximum absolute atomic E-state index is 14.0. The molecule has 10 heteroatoms. The van der Waals surface area contributed by atoms with Gasteiger partial charge >= 0.3 is 5.97 Å². The van der Waals surface area contributed by atoms with E-state index in [-0.39, 0.29) is 12.2 Å². The highest BCUT2D eigenvalue weighted by Crippen LogP contribution is 2.31. The van der Waals surface area contributed by atoms with E-state index in [1.54, 1.807) is 28.8 Å². The third-order valence-corrected chi connectivity index (χ3v) is 5.35. The van der Waals surface area contributed by atoms with Gasteiger partial charge in [-0.05, 0) is 42.3 Å². The summed E-state index contributed by atoms with van der Waals surface area (Å²) in [6.07, 6.45) is 0.447. The average molecular weight is 448 g/mol. The second-order valence-electron chi connectivity index (χ2n) is 7.38. The highest BCUT2D eigenvalue weighted by Gasteiger charge is 2.24. The minimum Gasteiger partial charge on any atom is -0.469 e. The fraction of sp³-hybridized carbons (Fsp3) is 0.174. The number of ether oxygens (including phenoxy) is 1. The molecule has 8 nitrogen and oxygen atoms in total. The van der Waals surface area contributed by atoms with E-state index in [1.807, 2.05) is 6.92 Å². The molecule has 0 aliphatic carbocycles. The lowest BCUT2D eigenvalue weighted by Gasteiger charge is -2.04. The lowest BCUT2D eigenvalue weighted by molar-refractivity contribution is -0.139. The van der Waals surface area contributed by atoms with Gasteiger partial charge in [-0.3, -0.25) is 4.79 Å². The summed E-state index contributed by atoms with van der Waals surface area (Å²) in [5.41, 5.74) is 4.14. The molecule has 0 fully saturated rings. The van der Waals surface area contributed by atoms with Crippen molar-refractivity contribution in [2.24, 2.45) is 0 Å². The van der Waals surface area contributed by atoms with Crippen LogP contribution in [0.15, 0.2) is 48.5 Å². The Morgan fingerprint density at radius 3 is 2.48 bits per heavy atom. The molecule has 0 unspecified atom stereocenters. The Labute approximate surface area is 186 Å². The molecule has 5 rings (SSSR count). The quantitative estimate of drug-likeness (QED) is 0.381. The van der Waals surface area contributed by atoms with Gasteiger partial charge in [0.25, 0.3) is 0 Å². The summed E-state index contributed by atoms with van der Waals surface area (Å²) in [6, 6.07) is 12.0. The first-order valence-corrected chi connectivity index (χ1v) is 10.2. The van der Waals surface area contributed by atoms with Crippen LogP contribution in [-0.2, 0) is 22.4 Å². The van der Waals surface area contributed by atoms with Gasteiger partial charge in [-0.15, -0.1) is 10.2 Å². The van der Waals surface area contributed by atoms with Crippen molar-refractivity contribution in [2.75, 3.05) is 7.11 Å². The molecule has 0 saturated heterocycles. The summed E-state index contributed by atoms with van der Waals surface area (Å²) in [4.78, 5) is 12.0. The van der Waals surface area contributed by atoms with E-state index in [1.165, 1.54) is 36.1 Å². The number of aromatic nitrogens is 6. The molecule has 0 saturated carbocycles. The van der Waals surface area contributed by atoms with Crippen molar-refractivity contribution in [2.45, 2.75) is 19.8 Å². The number of rotatable bonds is 5. The smallest absolute Gasteiger partial charge is 0.311 e. The molecule has 0 aliphatic heterocycles. The minimum atomic E-state index is -0.496. The number of esters is 1. The molecular formula is C23H18F2N6O2. The summed E-state index contributed by atoms with van der Waals surface area (Å²) in [5, 5.41) is 18.0. The first-order valence-electron chi connectivity index (χ1n) is 10.2. The molecule has 0 spiro atoms. The second kappa shape index (κ2) is 8.05. The highest BCUT2D eigenvalue weighted by molar-refractivity contribution is 5.87. The van der Waals surface area contributed by atoms with Gasteiger partial charge < -0.3 is 4.74 Å². The van der Waals surface area contributed by atoms with Gasteiger partial charge in [0, 0.05) is 0 Å². The zero-order valence-electron chi connectivity index (χ0n) is 17.8. The maximum atomic E-state index is 14.0. The van der Waals surface area contributed by atoms with E-state index in [9.17, 15) is 13.6 Å². The largest absolute Gasteiger partial charge is 0.469 e. The van der Waals surface area contributed by atoms with E-state index < -0.39 is 11.8 Å². The standard InChI is InChI=1S/C23H18F2N6O2/c1-3-17-20(13-7-9-14(24)10-8-13)22-27-26-21-18(12-19(32)33-2)29-30(23(21)31(22)28-17)16-6-4-5-15(25)11-16/h4-11H,3,12H2,1-2H3. The van der Waals surface area contributed by atoms with E-state index in [0.29, 0.717) is 40.2 Å². The molecule has 33 heavy (non-hydrogen) atoms. The Balaban J connectivity index is 1.85. The maximum Gasteiger partial charge on any atom is 0.311 e. The number of benzene rings is 2. The molecule has 2 aromatic carbocycles. The Bertz CT molecular complexity index is 1510. The topological polar surface area (TPSA) is 87.2 Å². The number of methoxy groups -OCH3 is 1. The summed E-state index contributed by atoms with van der Waals surface area (Å²) in [6.45, 7) is 1.95. The normalized spacial score (nSPS) is 11.4. The number of hydrogen-bond donors (Lipinski definition) is 0. The van der Waals surface area contributed by atoms with Crippen molar-refractivity contribution in [3.63, 3.8) is 0 Å². The molecule has 0 bridgehead atoms. The van der Waals surface area contributed by atoms with Crippen molar-refractivity contribution >= 4 is 22.8 Å². The predicted octanol–water partition coefficient (Wildman–Crippen LogP) is 3.69. The van der Waals surface area contributed by atoms with Gasteiger partial charge in [0.15, 0.2) is 16.8 Å². The van der Waals surface area contributed by atoms with Crippen LogP contribution in [-0.4, -0.2) is 42.7 Å². The van der Waals surface area contributed by atoms with Gasteiger partial charge in [-0.25, -0.2) is 13.5 Å². The Kier molecular flexibility index (Phi) is 5.04. The van der Waals surface area contributed by atoms with Crippen LogP contribution in [0.2, 0.25) is 0 Å². The monoisotopic (exact) mass is 448 g/mol. The molecule has 3 heterocycles. The molecule has 166 valence electrons. The van der Waals surface area contributed by atoms with Crippen molar-refractivity contribution in [3.8, 4) is 16.8 Å². The summed E-state index contributed by atoms with van der Waals surface area (Å²) in [7, 11) is 1.29. The number of carbonyl (C=O) groups is 1. The number of nitrogens with zero attached hydrogens (tertiary/aromatic N) is 6. The van der Waals surface area contributed by atoms with E-state index in [4.69, 9.17) is 9.84 Å². The summed E-state index contributed by atoms with van der Waals surface area (Å²) >= 11 is 0. The average Bonchev–Trinajstić information content (AvgIpc) is 3.38.